The van der Waals surface area contributed by atoms with E-state index < -0.39 is 6.29 Å². The number of methoxy groups -OCH3 is 1. The van der Waals surface area contributed by atoms with Crippen LogP contribution in [0.25, 0.3) is 11.1 Å². The lowest BCUT2D eigenvalue weighted by molar-refractivity contribution is -0.245. The van der Waals surface area contributed by atoms with Crippen molar-refractivity contribution in [2.45, 2.75) is 68.6 Å². The van der Waals surface area contributed by atoms with Crippen molar-refractivity contribution in [3.63, 3.8) is 0 Å². The molecule has 54 heavy (non-hydrogen) atoms. The minimum absolute atomic E-state index is 0.00838. The van der Waals surface area contributed by atoms with E-state index in [1.807, 2.05) is 84.9 Å². The molecule has 0 spiro atoms. The lowest BCUT2D eigenvalue weighted by Crippen LogP contribution is -2.31. The fourth-order valence-electron chi connectivity index (χ4n) is 6.40. The molecule has 0 radical (unpaired) electrons. The normalized spacial score (nSPS) is 16.7. The van der Waals surface area contributed by atoms with Gasteiger partial charge in [-0.05, 0) is 64.9 Å². The van der Waals surface area contributed by atoms with Crippen molar-refractivity contribution in [2.24, 2.45) is 0 Å². The molecule has 5 aromatic carbocycles. The van der Waals surface area contributed by atoms with Gasteiger partial charge in [-0.15, -0.1) is 11.8 Å². The van der Waals surface area contributed by atoms with Crippen molar-refractivity contribution in [3.8, 4) is 16.9 Å². The average molecular weight is 746 g/mol. The number of unbranched alkanes of at least 4 members (excludes halogenated alkanes) is 1. The van der Waals surface area contributed by atoms with Crippen LogP contribution in [0.2, 0.25) is 0 Å². The van der Waals surface area contributed by atoms with Crippen LogP contribution in [0, 0.1) is 0 Å². The summed E-state index contributed by atoms with van der Waals surface area (Å²) < 4.78 is 18.7. The van der Waals surface area contributed by atoms with Crippen LogP contribution in [-0.2, 0) is 32.2 Å². The predicted molar refractivity (Wildman–Crippen MR) is 214 cm³/mol. The molecular formula is C44H47N3O6S. The molecule has 2 amide bonds. The number of carbonyl (C=O) groups is 2. The van der Waals surface area contributed by atoms with Gasteiger partial charge < -0.3 is 35.7 Å². The molecule has 6 rings (SSSR count). The molecule has 10 heteroatoms. The Kier molecular flexibility index (Phi) is 13.8. The predicted octanol–water partition coefficient (Wildman–Crippen LogP) is 8.59. The van der Waals surface area contributed by atoms with Crippen molar-refractivity contribution in [1.29, 1.82) is 0 Å². The molecule has 5 N–H and O–H groups in total. The molecule has 0 aliphatic carbocycles. The number of anilines is 2. The van der Waals surface area contributed by atoms with E-state index >= 15 is 0 Å². The molecule has 3 atom stereocenters. The minimum Gasteiger partial charge on any atom is -0.496 e. The van der Waals surface area contributed by atoms with Crippen LogP contribution < -0.4 is 21.1 Å². The molecule has 1 heterocycles. The van der Waals surface area contributed by atoms with E-state index in [9.17, 15) is 14.7 Å². The SMILES string of the molecule is COc1ccccc1SCC1CC(c2ccc(CO)cc2)OC(c2ccc(-c3ccccc3CNC(=O)CCCCC(=O)Nc3ccccc3N)cc2)O1. The Balaban J connectivity index is 1.06. The Bertz CT molecular complexity index is 1990. The molecule has 9 nitrogen and oxygen atoms in total. The van der Waals surface area contributed by atoms with Gasteiger partial charge in [0.05, 0.1) is 37.3 Å². The first-order valence-corrected chi connectivity index (χ1v) is 19.2. The van der Waals surface area contributed by atoms with Gasteiger partial charge in [-0.1, -0.05) is 97.1 Å². The van der Waals surface area contributed by atoms with Crippen LogP contribution >= 0.6 is 11.8 Å². The van der Waals surface area contributed by atoms with Gasteiger partial charge in [0.25, 0.3) is 0 Å². The summed E-state index contributed by atoms with van der Waals surface area (Å²) in [5.74, 6) is 1.39. The van der Waals surface area contributed by atoms with E-state index in [-0.39, 0.29) is 30.6 Å². The molecule has 280 valence electrons. The first-order chi connectivity index (χ1) is 26.4. The van der Waals surface area contributed by atoms with E-state index in [2.05, 4.69) is 34.9 Å². The van der Waals surface area contributed by atoms with Crippen molar-refractivity contribution in [2.75, 3.05) is 23.9 Å². The number of benzene rings is 5. The highest BCUT2D eigenvalue weighted by Crippen LogP contribution is 2.41. The maximum Gasteiger partial charge on any atom is 0.224 e. The molecule has 0 bridgehead atoms. The van der Waals surface area contributed by atoms with Crippen molar-refractivity contribution >= 4 is 35.0 Å². The number of thioether (sulfide) groups is 1. The summed E-state index contributed by atoms with van der Waals surface area (Å²) in [6.45, 7) is 0.382. The fraction of sp³-hybridized carbons (Fsp3) is 0.273. The molecule has 1 fully saturated rings. The largest absolute Gasteiger partial charge is 0.496 e. The van der Waals surface area contributed by atoms with Gasteiger partial charge in [-0.2, -0.15) is 0 Å². The summed E-state index contributed by atoms with van der Waals surface area (Å²) in [4.78, 5) is 26.1. The topological polar surface area (TPSA) is 132 Å². The zero-order valence-corrected chi connectivity index (χ0v) is 31.2. The summed E-state index contributed by atoms with van der Waals surface area (Å²) in [6, 6.07) is 39.3. The number of nitrogen functional groups attached to an aromatic ring is 1. The number of para-hydroxylation sites is 3. The average Bonchev–Trinajstić information content (AvgIpc) is 3.22. The highest BCUT2D eigenvalue weighted by Gasteiger charge is 2.32. The van der Waals surface area contributed by atoms with E-state index in [4.69, 9.17) is 19.9 Å². The van der Waals surface area contributed by atoms with Gasteiger partial charge in [-0.3, -0.25) is 9.59 Å². The maximum absolute atomic E-state index is 12.7. The number of nitrogens with one attached hydrogen (secondary N) is 2. The zero-order chi connectivity index (χ0) is 37.7. The molecule has 1 aliphatic rings. The number of amides is 2. The lowest BCUT2D eigenvalue weighted by atomic mass is 9.97. The number of hydrogen-bond donors (Lipinski definition) is 4. The molecule has 0 aromatic heterocycles. The molecule has 0 saturated carbocycles. The zero-order valence-electron chi connectivity index (χ0n) is 30.4. The second-order valence-corrected chi connectivity index (χ2v) is 14.3. The van der Waals surface area contributed by atoms with Crippen molar-refractivity contribution in [1.82, 2.24) is 5.32 Å². The van der Waals surface area contributed by atoms with Crippen molar-refractivity contribution in [3.05, 3.63) is 144 Å². The highest BCUT2D eigenvalue weighted by molar-refractivity contribution is 7.99. The number of hydrogen-bond acceptors (Lipinski definition) is 8. The molecule has 1 aliphatic heterocycles. The standard InChI is InChI=1S/C44H47N3O6S/c1-51-39-14-6-7-15-41(39)54-29-35-26-40(32-20-18-30(28-48)19-21-32)53-44(52-35)33-24-22-31(23-25-33)36-11-3-2-10-34(36)27-46-42(49)16-8-9-17-43(50)47-38-13-5-4-12-37(38)45/h2-7,10-15,18-25,35,40,44,48H,8-9,16-17,26-29,45H2,1H3,(H,46,49)(H,47,50). The first kappa shape index (κ1) is 38.6. The summed E-state index contributed by atoms with van der Waals surface area (Å²) in [5.41, 5.74) is 12.9. The Hall–Kier alpha value is -5.13. The van der Waals surface area contributed by atoms with Crippen LogP contribution in [0.1, 0.15) is 66.8 Å². The number of ether oxygens (including phenoxy) is 3. The van der Waals surface area contributed by atoms with E-state index in [1.54, 1.807) is 31.0 Å². The second kappa shape index (κ2) is 19.3. The van der Waals surface area contributed by atoms with Crippen LogP contribution in [0.15, 0.2) is 126 Å². The Morgan fingerprint density at radius 2 is 1.50 bits per heavy atom. The number of nitrogens with two attached hydrogens (primary N) is 1. The van der Waals surface area contributed by atoms with Gasteiger partial charge in [0.15, 0.2) is 6.29 Å². The number of rotatable bonds is 16. The van der Waals surface area contributed by atoms with Gasteiger partial charge in [0, 0.05) is 42.0 Å². The van der Waals surface area contributed by atoms with Crippen molar-refractivity contribution < 1.29 is 28.9 Å². The molecule has 1 saturated heterocycles. The molecule has 5 aromatic rings. The van der Waals surface area contributed by atoms with Crippen LogP contribution in [0.5, 0.6) is 5.75 Å². The van der Waals surface area contributed by atoms with E-state index in [0.29, 0.717) is 50.0 Å². The monoisotopic (exact) mass is 745 g/mol. The van der Waals surface area contributed by atoms with Crippen LogP contribution in [0.4, 0.5) is 11.4 Å². The number of carbonyl (C=O) groups excluding carboxylic acids is 2. The minimum atomic E-state index is -0.573. The molecular weight excluding hydrogens is 699 g/mol. The van der Waals surface area contributed by atoms with E-state index in [0.717, 1.165) is 49.8 Å². The van der Waals surface area contributed by atoms with Gasteiger partial charge in [0.1, 0.15) is 5.75 Å². The smallest absolute Gasteiger partial charge is 0.224 e. The third-order valence-electron chi connectivity index (χ3n) is 9.39. The van der Waals surface area contributed by atoms with Crippen LogP contribution in [0.3, 0.4) is 0 Å². The summed E-state index contributed by atoms with van der Waals surface area (Å²) >= 11 is 1.71. The number of aliphatic hydroxyl groups excluding tert-OH is 1. The summed E-state index contributed by atoms with van der Waals surface area (Å²) in [5, 5.41) is 15.4. The Morgan fingerprint density at radius 1 is 0.815 bits per heavy atom. The number of aliphatic hydroxyl groups is 1. The first-order valence-electron chi connectivity index (χ1n) is 18.3. The third-order valence-corrected chi connectivity index (χ3v) is 10.6. The van der Waals surface area contributed by atoms with Gasteiger partial charge in [-0.25, -0.2) is 0 Å². The molecule has 3 unspecified atom stereocenters. The van der Waals surface area contributed by atoms with Crippen LogP contribution in [-0.4, -0.2) is 35.9 Å². The lowest BCUT2D eigenvalue weighted by Gasteiger charge is -2.36. The Morgan fingerprint density at radius 3 is 2.26 bits per heavy atom. The fourth-order valence-corrected chi connectivity index (χ4v) is 7.44. The summed E-state index contributed by atoms with van der Waals surface area (Å²) in [7, 11) is 1.68. The maximum atomic E-state index is 12.7. The highest BCUT2D eigenvalue weighted by atomic mass is 32.2. The second-order valence-electron chi connectivity index (χ2n) is 13.2. The van der Waals surface area contributed by atoms with Gasteiger partial charge in [0.2, 0.25) is 11.8 Å². The third kappa shape index (κ3) is 10.5. The van der Waals surface area contributed by atoms with E-state index in [1.165, 1.54) is 0 Å². The summed E-state index contributed by atoms with van der Waals surface area (Å²) in [6.07, 6.45) is 1.70. The van der Waals surface area contributed by atoms with Gasteiger partial charge >= 0.3 is 0 Å². The Labute approximate surface area is 321 Å². The quantitative estimate of drug-likeness (QED) is 0.0449.